The number of thiophene rings is 1. The van der Waals surface area contributed by atoms with Gasteiger partial charge in [-0.1, -0.05) is 0 Å². The molecule has 1 atom stereocenters. The first-order valence-electron chi connectivity index (χ1n) is 6.61. The highest BCUT2D eigenvalue weighted by Gasteiger charge is 2.08. The number of nitrogen functional groups attached to an aromatic ring is 1. The van der Waals surface area contributed by atoms with Crippen molar-refractivity contribution in [3.63, 3.8) is 0 Å². The molecule has 0 fully saturated rings. The Kier molecular flexibility index (Phi) is 3.32. The molecule has 3 nitrogen and oxygen atoms in total. The lowest BCUT2D eigenvalue weighted by Crippen LogP contribution is -2.06. The molecule has 1 aromatic carbocycles. The lowest BCUT2D eigenvalue weighted by Gasteiger charge is -2.13. The molecule has 2 heterocycles. The summed E-state index contributed by atoms with van der Waals surface area (Å²) in [5.41, 5.74) is 7.50. The summed E-state index contributed by atoms with van der Waals surface area (Å²) < 4.78 is 0. The van der Waals surface area contributed by atoms with Crippen molar-refractivity contribution in [2.24, 2.45) is 0 Å². The van der Waals surface area contributed by atoms with E-state index in [1.807, 2.05) is 41.7 Å². The van der Waals surface area contributed by atoms with Gasteiger partial charge in [0, 0.05) is 20.8 Å². The van der Waals surface area contributed by atoms with Crippen LogP contribution < -0.4 is 11.1 Å². The Labute approximate surface area is 122 Å². The van der Waals surface area contributed by atoms with Gasteiger partial charge >= 0.3 is 0 Å². The highest BCUT2D eigenvalue weighted by molar-refractivity contribution is 7.12. The summed E-state index contributed by atoms with van der Waals surface area (Å²) in [4.78, 5) is 7.28. The summed E-state index contributed by atoms with van der Waals surface area (Å²) >= 11 is 1.81. The second-order valence-corrected chi connectivity index (χ2v) is 6.28. The van der Waals surface area contributed by atoms with Crippen LogP contribution in [-0.2, 0) is 0 Å². The summed E-state index contributed by atoms with van der Waals surface area (Å²) in [6.45, 7) is 4.28. The summed E-state index contributed by atoms with van der Waals surface area (Å²) in [6.07, 6.45) is 0. The standard InChI is InChI=1S/C16H17N3S/c1-10-3-7-15(20-10)11(2)18-16-8-4-12-9-13(17)5-6-14(12)19-16/h3-9,11H,17H2,1-2H3,(H,18,19). The molecule has 3 aromatic rings. The SMILES string of the molecule is Cc1ccc(C(C)Nc2ccc3cc(N)ccc3n2)s1. The Balaban J connectivity index is 1.85. The first kappa shape index (κ1) is 12.9. The fourth-order valence-electron chi connectivity index (χ4n) is 2.20. The highest BCUT2D eigenvalue weighted by Crippen LogP contribution is 2.26. The number of anilines is 2. The number of nitrogens with one attached hydrogen (secondary N) is 1. The van der Waals surface area contributed by atoms with E-state index in [4.69, 9.17) is 5.73 Å². The first-order valence-corrected chi connectivity index (χ1v) is 7.42. The molecule has 0 radical (unpaired) electrons. The Morgan fingerprint density at radius 3 is 2.75 bits per heavy atom. The van der Waals surface area contributed by atoms with Crippen LogP contribution >= 0.6 is 11.3 Å². The topological polar surface area (TPSA) is 50.9 Å². The summed E-state index contributed by atoms with van der Waals surface area (Å²) in [6, 6.07) is 14.4. The average molecular weight is 283 g/mol. The number of aromatic nitrogens is 1. The number of nitrogens with two attached hydrogens (primary N) is 1. The second kappa shape index (κ2) is 5.13. The Hall–Kier alpha value is -2.07. The number of benzene rings is 1. The molecule has 0 aliphatic carbocycles. The maximum absolute atomic E-state index is 5.78. The van der Waals surface area contributed by atoms with Crippen LogP contribution in [0.3, 0.4) is 0 Å². The second-order valence-electron chi connectivity index (χ2n) is 4.96. The molecule has 0 aliphatic heterocycles. The minimum atomic E-state index is 0.257. The van der Waals surface area contributed by atoms with Gasteiger partial charge in [-0.2, -0.15) is 0 Å². The van der Waals surface area contributed by atoms with Gasteiger partial charge in [-0.15, -0.1) is 11.3 Å². The van der Waals surface area contributed by atoms with Crippen molar-refractivity contribution in [1.29, 1.82) is 0 Å². The molecule has 3 N–H and O–H groups in total. The molecule has 4 heteroatoms. The van der Waals surface area contributed by atoms with Crippen LogP contribution in [-0.4, -0.2) is 4.98 Å². The van der Waals surface area contributed by atoms with Crippen LogP contribution in [0.4, 0.5) is 11.5 Å². The summed E-state index contributed by atoms with van der Waals surface area (Å²) in [5.74, 6) is 0.890. The highest BCUT2D eigenvalue weighted by atomic mass is 32.1. The summed E-state index contributed by atoms with van der Waals surface area (Å²) in [7, 11) is 0. The molecule has 1 unspecified atom stereocenters. The average Bonchev–Trinajstić information content (AvgIpc) is 2.86. The monoisotopic (exact) mass is 283 g/mol. The minimum absolute atomic E-state index is 0.257. The van der Waals surface area contributed by atoms with Gasteiger partial charge in [0.25, 0.3) is 0 Å². The van der Waals surface area contributed by atoms with Crippen molar-refractivity contribution in [2.45, 2.75) is 19.9 Å². The zero-order valence-electron chi connectivity index (χ0n) is 11.6. The maximum Gasteiger partial charge on any atom is 0.127 e. The lowest BCUT2D eigenvalue weighted by atomic mass is 10.2. The summed E-state index contributed by atoms with van der Waals surface area (Å²) in [5, 5.41) is 4.51. The van der Waals surface area contributed by atoms with Gasteiger partial charge in [0.2, 0.25) is 0 Å². The van der Waals surface area contributed by atoms with Gasteiger partial charge in [-0.3, -0.25) is 0 Å². The molecule has 0 amide bonds. The molecule has 3 rings (SSSR count). The number of pyridine rings is 1. The predicted octanol–water partition coefficient (Wildman–Crippen LogP) is 4.36. The van der Waals surface area contributed by atoms with E-state index >= 15 is 0 Å². The molecule has 0 saturated carbocycles. The third-order valence-corrected chi connectivity index (χ3v) is 4.45. The number of nitrogens with zero attached hydrogens (tertiary/aromatic N) is 1. The van der Waals surface area contributed by atoms with Crippen LogP contribution in [0.25, 0.3) is 10.9 Å². The normalized spacial score (nSPS) is 12.5. The third kappa shape index (κ3) is 2.60. The van der Waals surface area contributed by atoms with E-state index in [0.717, 1.165) is 22.4 Å². The quantitative estimate of drug-likeness (QED) is 0.702. The van der Waals surface area contributed by atoms with Crippen LogP contribution in [0.2, 0.25) is 0 Å². The zero-order chi connectivity index (χ0) is 14.1. The van der Waals surface area contributed by atoms with E-state index in [0.29, 0.717) is 0 Å². The molecule has 2 aromatic heterocycles. The molecule has 0 bridgehead atoms. The first-order chi connectivity index (χ1) is 9.61. The number of hydrogen-bond donors (Lipinski definition) is 2. The van der Waals surface area contributed by atoms with E-state index in [1.54, 1.807) is 0 Å². The molecule has 0 saturated heterocycles. The van der Waals surface area contributed by atoms with Gasteiger partial charge in [0.15, 0.2) is 0 Å². The third-order valence-electron chi connectivity index (χ3n) is 3.27. The molecular weight excluding hydrogens is 266 g/mol. The fourth-order valence-corrected chi connectivity index (χ4v) is 3.08. The van der Waals surface area contributed by atoms with Gasteiger partial charge < -0.3 is 11.1 Å². The smallest absolute Gasteiger partial charge is 0.127 e. The Morgan fingerprint density at radius 2 is 2.00 bits per heavy atom. The van der Waals surface area contributed by atoms with E-state index < -0.39 is 0 Å². The van der Waals surface area contributed by atoms with Gasteiger partial charge in [0.05, 0.1) is 11.6 Å². The van der Waals surface area contributed by atoms with Crippen LogP contribution in [0.5, 0.6) is 0 Å². The van der Waals surface area contributed by atoms with Crippen LogP contribution in [0.15, 0.2) is 42.5 Å². The van der Waals surface area contributed by atoms with E-state index in [1.165, 1.54) is 9.75 Å². The van der Waals surface area contributed by atoms with Gasteiger partial charge in [-0.05, 0) is 56.3 Å². The van der Waals surface area contributed by atoms with E-state index in [2.05, 4.69) is 36.3 Å². The Bertz CT molecular complexity index is 748. The predicted molar refractivity (Wildman–Crippen MR) is 87.2 cm³/mol. The number of rotatable bonds is 3. The van der Waals surface area contributed by atoms with Crippen molar-refractivity contribution in [3.8, 4) is 0 Å². The number of hydrogen-bond acceptors (Lipinski definition) is 4. The zero-order valence-corrected chi connectivity index (χ0v) is 12.4. The number of fused-ring (bicyclic) bond motifs is 1. The lowest BCUT2D eigenvalue weighted by molar-refractivity contribution is 0.899. The molecule has 102 valence electrons. The molecular formula is C16H17N3S. The van der Waals surface area contributed by atoms with E-state index in [9.17, 15) is 0 Å². The largest absolute Gasteiger partial charge is 0.399 e. The van der Waals surface area contributed by atoms with Crippen LogP contribution in [0.1, 0.15) is 22.7 Å². The molecule has 0 aliphatic rings. The van der Waals surface area contributed by atoms with Crippen molar-refractivity contribution in [2.75, 3.05) is 11.1 Å². The Morgan fingerprint density at radius 1 is 1.15 bits per heavy atom. The van der Waals surface area contributed by atoms with Crippen molar-refractivity contribution in [3.05, 3.63) is 52.2 Å². The van der Waals surface area contributed by atoms with Gasteiger partial charge in [-0.25, -0.2) is 4.98 Å². The van der Waals surface area contributed by atoms with Crippen molar-refractivity contribution < 1.29 is 0 Å². The van der Waals surface area contributed by atoms with Crippen LogP contribution in [0, 0.1) is 6.92 Å². The van der Waals surface area contributed by atoms with E-state index in [-0.39, 0.29) is 6.04 Å². The minimum Gasteiger partial charge on any atom is -0.399 e. The van der Waals surface area contributed by atoms with Gasteiger partial charge in [0.1, 0.15) is 5.82 Å². The number of aryl methyl sites for hydroxylation is 1. The van der Waals surface area contributed by atoms with Crippen molar-refractivity contribution >= 4 is 33.7 Å². The molecule has 20 heavy (non-hydrogen) atoms. The molecule has 0 spiro atoms. The fraction of sp³-hybridized carbons (Fsp3) is 0.188. The van der Waals surface area contributed by atoms with Crippen molar-refractivity contribution in [1.82, 2.24) is 4.98 Å². The maximum atomic E-state index is 5.78.